The molecule has 11 heteroatoms. The molecule has 3 aromatic rings. The van der Waals surface area contributed by atoms with Gasteiger partial charge in [0.15, 0.2) is 11.6 Å². The molecule has 0 aliphatic heterocycles. The van der Waals surface area contributed by atoms with E-state index in [2.05, 4.69) is 15.0 Å². The summed E-state index contributed by atoms with van der Waals surface area (Å²) in [5, 5.41) is 2.80. The lowest BCUT2D eigenvalue weighted by Crippen LogP contribution is -2.13. The Kier molecular flexibility index (Phi) is 5.58. The number of halogens is 3. The van der Waals surface area contributed by atoms with Crippen LogP contribution in [-0.4, -0.2) is 30.1 Å². The van der Waals surface area contributed by atoms with E-state index >= 15 is 0 Å². The maximum atomic E-state index is 14.0. The van der Waals surface area contributed by atoms with E-state index in [1.54, 1.807) is 6.92 Å². The summed E-state index contributed by atoms with van der Waals surface area (Å²) in [4.78, 5) is 16.3. The summed E-state index contributed by atoms with van der Waals surface area (Å²) in [7, 11) is -3.53. The number of nitrogens with one attached hydrogen (secondary N) is 2. The van der Waals surface area contributed by atoms with Crippen molar-refractivity contribution in [2.75, 3.05) is 16.3 Å². The van der Waals surface area contributed by atoms with E-state index in [1.807, 2.05) is 0 Å². The Balaban J connectivity index is 1.87. The Morgan fingerprint density at radius 2 is 1.83 bits per heavy atom. The molecule has 1 amide bonds. The van der Waals surface area contributed by atoms with Crippen molar-refractivity contribution in [3.05, 3.63) is 70.6 Å². The zero-order valence-electron chi connectivity index (χ0n) is 15.2. The lowest BCUT2D eigenvalue weighted by Gasteiger charge is -2.09. The Bertz CT molecular complexity index is 1210. The summed E-state index contributed by atoms with van der Waals surface area (Å²) in [6.45, 7) is 1.63. The number of carbonyl (C=O) groups is 1. The molecule has 0 bridgehead atoms. The zero-order chi connectivity index (χ0) is 21.3. The lowest BCUT2D eigenvalue weighted by atomic mass is 10.2. The Hall–Kier alpha value is -2.98. The number of hydrogen-bond acceptors (Lipinski definition) is 4. The highest BCUT2D eigenvalue weighted by atomic mass is 35.5. The smallest absolute Gasteiger partial charge is 0.257 e. The Labute approximate surface area is 170 Å². The first-order chi connectivity index (χ1) is 13.5. The molecule has 152 valence electrons. The van der Waals surface area contributed by atoms with Gasteiger partial charge in [-0.05, 0) is 31.2 Å². The van der Waals surface area contributed by atoms with Gasteiger partial charge in [-0.25, -0.2) is 22.2 Å². The molecule has 2 N–H and O–H groups in total. The number of carbonyl (C=O) groups excluding carboxylic acids is 1. The molecule has 0 saturated heterocycles. The summed E-state index contributed by atoms with van der Waals surface area (Å²) < 4.78 is 53.4. The Morgan fingerprint density at radius 3 is 2.48 bits per heavy atom. The van der Waals surface area contributed by atoms with Crippen molar-refractivity contribution in [2.24, 2.45) is 0 Å². The monoisotopic (exact) mass is 440 g/mol. The summed E-state index contributed by atoms with van der Waals surface area (Å²) >= 11 is 5.98. The molecule has 0 fully saturated rings. The predicted molar refractivity (Wildman–Crippen MR) is 106 cm³/mol. The second-order valence-electron chi connectivity index (χ2n) is 6.26. The van der Waals surface area contributed by atoms with Crippen LogP contribution in [0.2, 0.25) is 5.02 Å². The molecule has 0 saturated carbocycles. The van der Waals surface area contributed by atoms with Crippen LogP contribution in [0.15, 0.2) is 42.7 Å². The minimum atomic E-state index is -3.53. The maximum Gasteiger partial charge on any atom is 0.257 e. The zero-order valence-corrected chi connectivity index (χ0v) is 16.8. The molecule has 0 spiro atoms. The van der Waals surface area contributed by atoms with Gasteiger partial charge in [0.2, 0.25) is 10.0 Å². The normalized spacial score (nSPS) is 11.3. The highest BCUT2D eigenvalue weighted by Gasteiger charge is 2.16. The lowest BCUT2D eigenvalue weighted by molar-refractivity contribution is 0.102. The molecule has 0 unspecified atom stereocenters. The molecule has 2 aromatic heterocycles. The third-order valence-corrected chi connectivity index (χ3v) is 4.57. The third-order valence-electron chi connectivity index (χ3n) is 3.75. The van der Waals surface area contributed by atoms with Crippen LogP contribution >= 0.6 is 11.6 Å². The number of benzene rings is 1. The third kappa shape index (κ3) is 5.09. The number of aromatic nitrogens is 2. The fourth-order valence-electron chi connectivity index (χ4n) is 2.65. The number of amides is 1. The van der Waals surface area contributed by atoms with E-state index in [1.165, 1.54) is 35.0 Å². The minimum absolute atomic E-state index is 0.148. The molecule has 0 aliphatic rings. The van der Waals surface area contributed by atoms with Crippen LogP contribution in [0, 0.1) is 18.6 Å². The molecular weight excluding hydrogens is 426 g/mol. The summed E-state index contributed by atoms with van der Waals surface area (Å²) in [6, 6.07) is 6.43. The van der Waals surface area contributed by atoms with Gasteiger partial charge >= 0.3 is 0 Å². The van der Waals surface area contributed by atoms with Gasteiger partial charge < -0.3 is 9.88 Å². The quantitative estimate of drug-likeness (QED) is 0.632. The highest BCUT2D eigenvalue weighted by Crippen LogP contribution is 2.24. The number of rotatable bonds is 5. The van der Waals surface area contributed by atoms with Gasteiger partial charge in [-0.1, -0.05) is 11.6 Å². The van der Waals surface area contributed by atoms with Gasteiger partial charge in [0.25, 0.3) is 5.91 Å². The van der Waals surface area contributed by atoms with Crippen LogP contribution in [0.25, 0.3) is 5.82 Å². The molecular formula is C18H15ClF2N4O3S. The molecule has 0 radical (unpaired) electrons. The van der Waals surface area contributed by atoms with E-state index in [-0.39, 0.29) is 27.8 Å². The molecule has 3 rings (SSSR count). The van der Waals surface area contributed by atoms with Crippen LogP contribution in [-0.2, 0) is 10.0 Å². The van der Waals surface area contributed by atoms with Crippen LogP contribution in [0.3, 0.4) is 0 Å². The van der Waals surface area contributed by atoms with Crippen molar-refractivity contribution in [3.63, 3.8) is 0 Å². The summed E-state index contributed by atoms with van der Waals surface area (Å²) in [6.07, 6.45) is 3.22. The molecule has 7 nitrogen and oxygen atoms in total. The van der Waals surface area contributed by atoms with Gasteiger partial charge in [-0.2, -0.15) is 0 Å². The van der Waals surface area contributed by atoms with Crippen molar-refractivity contribution in [1.29, 1.82) is 0 Å². The molecule has 29 heavy (non-hydrogen) atoms. The van der Waals surface area contributed by atoms with E-state index in [4.69, 9.17) is 11.6 Å². The largest absolute Gasteiger partial charge is 0.322 e. The Morgan fingerprint density at radius 1 is 1.14 bits per heavy atom. The number of sulfonamides is 1. The van der Waals surface area contributed by atoms with Crippen molar-refractivity contribution < 1.29 is 22.0 Å². The fourth-order valence-corrected chi connectivity index (χ4v) is 3.43. The SMILES string of the molecule is Cc1cc(C(=O)Nc2cc(Cl)cc(NS(C)(=O)=O)c2)cn1-c1ncc(F)cc1F. The van der Waals surface area contributed by atoms with E-state index < -0.39 is 27.6 Å². The average Bonchev–Trinajstić information content (AvgIpc) is 2.94. The van der Waals surface area contributed by atoms with Crippen LogP contribution in [0.1, 0.15) is 16.1 Å². The van der Waals surface area contributed by atoms with Crippen LogP contribution < -0.4 is 10.0 Å². The van der Waals surface area contributed by atoms with Gasteiger partial charge in [0.1, 0.15) is 5.82 Å². The van der Waals surface area contributed by atoms with Crippen molar-refractivity contribution in [1.82, 2.24) is 9.55 Å². The number of nitrogens with zero attached hydrogens (tertiary/aromatic N) is 2. The first-order valence-electron chi connectivity index (χ1n) is 8.12. The van der Waals surface area contributed by atoms with Gasteiger partial charge in [0.05, 0.1) is 23.7 Å². The van der Waals surface area contributed by atoms with Crippen molar-refractivity contribution in [3.8, 4) is 5.82 Å². The first kappa shape index (κ1) is 20.7. The topological polar surface area (TPSA) is 93.1 Å². The van der Waals surface area contributed by atoms with Gasteiger partial charge in [0, 0.05) is 28.7 Å². The highest BCUT2D eigenvalue weighted by molar-refractivity contribution is 7.92. The van der Waals surface area contributed by atoms with Crippen LogP contribution in [0.5, 0.6) is 0 Å². The summed E-state index contributed by atoms with van der Waals surface area (Å²) in [5.74, 6) is -2.37. The average molecular weight is 441 g/mol. The van der Waals surface area contributed by atoms with Gasteiger partial charge in [-0.15, -0.1) is 0 Å². The van der Waals surface area contributed by atoms with Gasteiger partial charge in [-0.3, -0.25) is 9.52 Å². The van der Waals surface area contributed by atoms with E-state index in [9.17, 15) is 22.0 Å². The summed E-state index contributed by atoms with van der Waals surface area (Å²) in [5.41, 5.74) is 1.12. The predicted octanol–water partition coefficient (Wildman–Crippen LogP) is 3.74. The number of anilines is 2. The standard InChI is InChI=1S/C18H15ClF2N4O3S/c1-10-3-11(9-25(10)17-16(21)6-13(20)8-22-17)18(26)23-14-4-12(19)5-15(7-14)24-29(2,27)28/h3-9,24H,1-2H3,(H,23,26). The number of hydrogen-bond donors (Lipinski definition) is 2. The molecule has 0 atom stereocenters. The fraction of sp³-hybridized carbons (Fsp3) is 0.111. The second-order valence-corrected chi connectivity index (χ2v) is 8.44. The van der Waals surface area contributed by atoms with Crippen molar-refractivity contribution in [2.45, 2.75) is 6.92 Å². The van der Waals surface area contributed by atoms with Crippen LogP contribution in [0.4, 0.5) is 20.2 Å². The van der Waals surface area contributed by atoms with E-state index in [0.717, 1.165) is 12.5 Å². The molecule has 0 aliphatic carbocycles. The second kappa shape index (κ2) is 7.80. The number of pyridine rings is 1. The van der Waals surface area contributed by atoms with Crippen molar-refractivity contribution >= 4 is 38.9 Å². The first-order valence-corrected chi connectivity index (χ1v) is 10.4. The molecule has 2 heterocycles. The number of aryl methyl sites for hydroxylation is 1. The van der Waals surface area contributed by atoms with E-state index in [0.29, 0.717) is 11.8 Å². The minimum Gasteiger partial charge on any atom is -0.322 e. The maximum absolute atomic E-state index is 14.0. The molecule has 1 aromatic carbocycles.